The second-order valence-corrected chi connectivity index (χ2v) is 5.12. The first kappa shape index (κ1) is 12.2. The van der Waals surface area contributed by atoms with Gasteiger partial charge < -0.3 is 10.4 Å². The van der Waals surface area contributed by atoms with E-state index in [1.807, 2.05) is 6.07 Å². The number of benzene rings is 1. The summed E-state index contributed by atoms with van der Waals surface area (Å²) in [6, 6.07) is 5.41. The molecule has 1 aromatic rings. The maximum Gasteiger partial charge on any atom is 0.0692 e. The fraction of sp³-hybridized carbons (Fsp3) is 0.500. The summed E-state index contributed by atoms with van der Waals surface area (Å²) in [5.74, 6) is 0.502. The minimum Gasteiger partial charge on any atom is -0.392 e. The van der Waals surface area contributed by atoms with Crippen LogP contribution in [0.4, 0.5) is 0 Å². The predicted molar refractivity (Wildman–Crippen MR) is 66.9 cm³/mol. The lowest BCUT2D eigenvalue weighted by molar-refractivity contribution is 0.148. The van der Waals surface area contributed by atoms with E-state index in [0.29, 0.717) is 29.1 Å². The molecule has 0 radical (unpaired) electrons. The summed E-state index contributed by atoms with van der Waals surface area (Å²) in [6.07, 6.45) is 2.08. The van der Waals surface area contributed by atoms with Crippen LogP contribution in [0.5, 0.6) is 0 Å². The van der Waals surface area contributed by atoms with Crippen LogP contribution in [0.2, 0.25) is 10.0 Å². The van der Waals surface area contributed by atoms with Gasteiger partial charge in [-0.15, -0.1) is 0 Å². The number of hydrogen-bond acceptors (Lipinski definition) is 2. The zero-order chi connectivity index (χ0) is 11.5. The molecule has 1 fully saturated rings. The Kier molecular flexibility index (Phi) is 4.09. The van der Waals surface area contributed by atoms with E-state index in [9.17, 15) is 5.11 Å². The van der Waals surface area contributed by atoms with Crippen molar-refractivity contribution >= 4 is 23.2 Å². The number of nitrogens with one attached hydrogen (secondary N) is 1. The van der Waals surface area contributed by atoms with Gasteiger partial charge in [0.05, 0.1) is 6.10 Å². The predicted octanol–water partition coefficient (Wildman–Crippen LogP) is 2.85. The van der Waals surface area contributed by atoms with Crippen molar-refractivity contribution in [3.63, 3.8) is 0 Å². The van der Waals surface area contributed by atoms with Gasteiger partial charge in [-0.3, -0.25) is 0 Å². The Balaban J connectivity index is 1.81. The number of rotatable bonds is 5. The van der Waals surface area contributed by atoms with Crippen molar-refractivity contribution in [1.29, 1.82) is 0 Å². The van der Waals surface area contributed by atoms with Crippen LogP contribution < -0.4 is 5.32 Å². The SMILES string of the molecule is OC(CNCc1cc(Cl)ccc1Cl)C1CC1. The number of aliphatic hydroxyl groups excluding tert-OH is 1. The van der Waals surface area contributed by atoms with E-state index >= 15 is 0 Å². The number of hydrogen-bond donors (Lipinski definition) is 2. The van der Waals surface area contributed by atoms with Gasteiger partial charge in [-0.1, -0.05) is 23.2 Å². The van der Waals surface area contributed by atoms with Crippen LogP contribution in [-0.2, 0) is 6.54 Å². The molecule has 1 saturated carbocycles. The van der Waals surface area contributed by atoms with Crippen molar-refractivity contribution in [1.82, 2.24) is 5.32 Å². The van der Waals surface area contributed by atoms with E-state index < -0.39 is 0 Å². The summed E-state index contributed by atoms with van der Waals surface area (Å²) in [5, 5.41) is 14.3. The number of halogens is 2. The minimum absolute atomic E-state index is 0.224. The molecule has 2 nitrogen and oxygen atoms in total. The van der Waals surface area contributed by atoms with Crippen molar-refractivity contribution in [2.75, 3.05) is 6.54 Å². The van der Waals surface area contributed by atoms with E-state index in [-0.39, 0.29) is 6.10 Å². The Hall–Kier alpha value is -0.280. The van der Waals surface area contributed by atoms with Crippen molar-refractivity contribution in [2.45, 2.75) is 25.5 Å². The third-order valence-electron chi connectivity index (χ3n) is 2.84. The van der Waals surface area contributed by atoms with E-state index in [1.54, 1.807) is 12.1 Å². The molecule has 0 aromatic heterocycles. The van der Waals surface area contributed by atoms with Crippen molar-refractivity contribution in [2.24, 2.45) is 5.92 Å². The van der Waals surface area contributed by atoms with Gasteiger partial charge in [0.2, 0.25) is 0 Å². The maximum atomic E-state index is 9.67. The fourth-order valence-corrected chi connectivity index (χ4v) is 2.06. The standard InChI is InChI=1S/C12H15Cl2NO/c13-10-3-4-11(14)9(5-10)6-15-7-12(16)8-1-2-8/h3-5,8,12,15-16H,1-2,6-7H2. The Morgan fingerprint density at radius 1 is 1.38 bits per heavy atom. The molecular formula is C12H15Cl2NO. The van der Waals surface area contributed by atoms with Crippen molar-refractivity contribution in [3.05, 3.63) is 33.8 Å². The molecule has 0 bridgehead atoms. The number of aliphatic hydroxyl groups is 1. The largest absolute Gasteiger partial charge is 0.392 e. The summed E-state index contributed by atoms with van der Waals surface area (Å²) in [4.78, 5) is 0. The van der Waals surface area contributed by atoms with Gasteiger partial charge >= 0.3 is 0 Å². The summed E-state index contributed by atoms with van der Waals surface area (Å²) in [7, 11) is 0. The van der Waals surface area contributed by atoms with Gasteiger partial charge in [-0.2, -0.15) is 0 Å². The van der Waals surface area contributed by atoms with Gasteiger partial charge in [0.15, 0.2) is 0 Å². The first-order chi connectivity index (χ1) is 7.66. The van der Waals surface area contributed by atoms with Crippen LogP contribution in [0.1, 0.15) is 18.4 Å². The quantitative estimate of drug-likeness (QED) is 0.853. The Morgan fingerprint density at radius 3 is 2.81 bits per heavy atom. The highest BCUT2D eigenvalue weighted by atomic mass is 35.5. The van der Waals surface area contributed by atoms with Crippen LogP contribution in [0.15, 0.2) is 18.2 Å². The molecule has 2 rings (SSSR count). The Bertz CT molecular complexity index is 366. The smallest absolute Gasteiger partial charge is 0.0692 e. The maximum absolute atomic E-state index is 9.67. The molecule has 0 saturated heterocycles. The van der Waals surface area contributed by atoms with E-state index in [4.69, 9.17) is 23.2 Å². The molecule has 1 aromatic carbocycles. The zero-order valence-electron chi connectivity index (χ0n) is 8.92. The minimum atomic E-state index is -0.224. The van der Waals surface area contributed by atoms with Gasteiger partial charge in [-0.05, 0) is 42.5 Å². The molecule has 0 aliphatic heterocycles. The molecule has 2 N–H and O–H groups in total. The van der Waals surface area contributed by atoms with Crippen LogP contribution in [0.25, 0.3) is 0 Å². The molecule has 1 aliphatic carbocycles. The lowest BCUT2D eigenvalue weighted by atomic mass is 10.2. The summed E-state index contributed by atoms with van der Waals surface area (Å²) >= 11 is 11.9. The summed E-state index contributed by atoms with van der Waals surface area (Å²) in [5.41, 5.74) is 0.970. The molecule has 0 amide bonds. The van der Waals surface area contributed by atoms with Crippen LogP contribution in [0.3, 0.4) is 0 Å². The third kappa shape index (κ3) is 3.36. The van der Waals surface area contributed by atoms with Gasteiger partial charge in [-0.25, -0.2) is 0 Å². The Labute approximate surface area is 106 Å². The monoisotopic (exact) mass is 259 g/mol. The lowest BCUT2D eigenvalue weighted by Gasteiger charge is -2.11. The molecule has 16 heavy (non-hydrogen) atoms. The molecule has 88 valence electrons. The fourth-order valence-electron chi connectivity index (χ4n) is 1.68. The second kappa shape index (κ2) is 5.37. The highest BCUT2D eigenvalue weighted by Gasteiger charge is 2.29. The van der Waals surface area contributed by atoms with E-state index in [2.05, 4.69) is 5.32 Å². The lowest BCUT2D eigenvalue weighted by Crippen LogP contribution is -2.27. The van der Waals surface area contributed by atoms with Crippen molar-refractivity contribution < 1.29 is 5.11 Å². The molecule has 0 heterocycles. The summed E-state index contributed by atoms with van der Waals surface area (Å²) in [6.45, 7) is 1.26. The molecule has 1 atom stereocenters. The molecule has 4 heteroatoms. The van der Waals surface area contributed by atoms with Gasteiger partial charge in [0, 0.05) is 23.1 Å². The molecule has 0 spiro atoms. The third-order valence-corrected chi connectivity index (χ3v) is 3.45. The summed E-state index contributed by atoms with van der Waals surface area (Å²) < 4.78 is 0. The van der Waals surface area contributed by atoms with E-state index in [0.717, 1.165) is 18.4 Å². The average molecular weight is 260 g/mol. The van der Waals surface area contributed by atoms with Crippen LogP contribution in [0, 0.1) is 5.92 Å². The highest BCUT2D eigenvalue weighted by molar-refractivity contribution is 6.33. The average Bonchev–Trinajstić information content (AvgIpc) is 3.06. The normalized spacial score (nSPS) is 17.4. The van der Waals surface area contributed by atoms with Gasteiger partial charge in [0.1, 0.15) is 0 Å². The zero-order valence-corrected chi connectivity index (χ0v) is 10.4. The topological polar surface area (TPSA) is 32.3 Å². The molecule has 1 unspecified atom stereocenters. The van der Waals surface area contributed by atoms with E-state index in [1.165, 1.54) is 0 Å². The van der Waals surface area contributed by atoms with Crippen LogP contribution in [-0.4, -0.2) is 17.8 Å². The first-order valence-electron chi connectivity index (χ1n) is 5.49. The van der Waals surface area contributed by atoms with Crippen LogP contribution >= 0.6 is 23.2 Å². The Morgan fingerprint density at radius 2 is 2.12 bits per heavy atom. The molecule has 1 aliphatic rings. The molecular weight excluding hydrogens is 245 g/mol. The highest BCUT2D eigenvalue weighted by Crippen LogP contribution is 2.32. The second-order valence-electron chi connectivity index (χ2n) is 4.27. The first-order valence-corrected chi connectivity index (χ1v) is 6.25. The van der Waals surface area contributed by atoms with Crippen molar-refractivity contribution in [3.8, 4) is 0 Å². The van der Waals surface area contributed by atoms with Gasteiger partial charge in [0.25, 0.3) is 0 Å².